The Kier molecular flexibility index (Phi) is 7.05. The van der Waals surface area contributed by atoms with E-state index in [1.54, 1.807) is 11.3 Å². The summed E-state index contributed by atoms with van der Waals surface area (Å²) in [6.07, 6.45) is 4.80. The van der Waals surface area contributed by atoms with Crippen LogP contribution in [-0.2, 0) is 11.3 Å². The summed E-state index contributed by atoms with van der Waals surface area (Å²) in [7, 11) is 0. The van der Waals surface area contributed by atoms with Crippen molar-refractivity contribution in [2.75, 3.05) is 55.7 Å². The molecule has 180 valence electrons. The van der Waals surface area contributed by atoms with Crippen molar-refractivity contribution in [1.29, 1.82) is 0 Å². The summed E-state index contributed by atoms with van der Waals surface area (Å²) >= 11 is 7.92. The van der Waals surface area contributed by atoms with Crippen LogP contribution in [-0.4, -0.2) is 76.9 Å². The minimum atomic E-state index is -1.01. The van der Waals surface area contributed by atoms with Crippen LogP contribution < -0.4 is 15.1 Å². The number of hydrogen-bond acceptors (Lipinski definition) is 10. The first-order chi connectivity index (χ1) is 16.6. The number of anilines is 2. The first-order valence-electron chi connectivity index (χ1n) is 11.4. The number of nitrogens with one attached hydrogen (secondary N) is 1. The number of carboxylic acid groups (broad SMARTS) is 1. The molecule has 2 aliphatic heterocycles. The molecule has 0 atom stereocenters. The third kappa shape index (κ3) is 5.22. The smallest absolute Gasteiger partial charge is 0.338 e. The van der Waals surface area contributed by atoms with Gasteiger partial charge in [-0.05, 0) is 43.0 Å². The molecule has 34 heavy (non-hydrogen) atoms. The van der Waals surface area contributed by atoms with Crippen molar-refractivity contribution in [3.8, 4) is 0 Å². The Hall–Kier alpha value is -2.60. The molecular weight excluding hydrogens is 478 g/mol. The molecule has 5 rings (SSSR count). The molecule has 3 aromatic heterocycles. The van der Waals surface area contributed by atoms with Gasteiger partial charge in [0.15, 0.2) is 5.82 Å². The number of hydrogen-bond donors (Lipinski definition) is 2. The number of piperidine rings is 1. The molecule has 2 fully saturated rings. The minimum absolute atomic E-state index is 0.106. The molecule has 5 heterocycles. The number of fused-ring (bicyclic) bond motifs is 1. The Balaban J connectivity index is 1.14. The van der Waals surface area contributed by atoms with Crippen LogP contribution in [0.15, 0.2) is 18.5 Å². The van der Waals surface area contributed by atoms with Gasteiger partial charge in [-0.25, -0.2) is 19.7 Å². The van der Waals surface area contributed by atoms with Gasteiger partial charge < -0.3 is 25.0 Å². The zero-order chi connectivity index (χ0) is 23.5. The Labute approximate surface area is 205 Å². The van der Waals surface area contributed by atoms with E-state index in [4.69, 9.17) is 21.4 Å². The lowest BCUT2D eigenvalue weighted by atomic mass is 9.97. The van der Waals surface area contributed by atoms with Gasteiger partial charge >= 0.3 is 5.97 Å². The molecule has 2 saturated heterocycles. The normalized spacial score (nSPS) is 17.4. The van der Waals surface area contributed by atoms with Crippen LogP contribution in [0.25, 0.3) is 10.2 Å². The second-order valence-electron chi connectivity index (χ2n) is 8.48. The average Bonchev–Trinajstić information content (AvgIpc) is 3.27. The van der Waals surface area contributed by atoms with E-state index in [1.807, 2.05) is 0 Å². The molecule has 0 unspecified atom stereocenters. The molecule has 2 N–H and O–H groups in total. The summed E-state index contributed by atoms with van der Waals surface area (Å²) in [6, 6.07) is 2.10. The van der Waals surface area contributed by atoms with Crippen molar-refractivity contribution < 1.29 is 14.6 Å². The second-order valence-corrected chi connectivity index (χ2v) is 9.96. The number of ether oxygens (including phenoxy) is 1. The van der Waals surface area contributed by atoms with Crippen LogP contribution in [0.4, 0.5) is 11.8 Å². The van der Waals surface area contributed by atoms with Gasteiger partial charge in [0.05, 0.1) is 29.0 Å². The first kappa shape index (κ1) is 23.2. The predicted octanol–water partition coefficient (Wildman–Crippen LogP) is 2.68. The van der Waals surface area contributed by atoms with E-state index >= 15 is 0 Å². The second kappa shape index (κ2) is 10.3. The van der Waals surface area contributed by atoms with E-state index in [9.17, 15) is 4.79 Å². The molecule has 2 aliphatic rings. The SMILES string of the molecule is O=C(O)c1cnc(N2CCC(CNCc3cc4nc(Cl)nc(N5CCOCC5)c4s3)CC2)nc1. The third-order valence-corrected chi connectivity index (χ3v) is 7.49. The van der Waals surface area contributed by atoms with Crippen LogP contribution in [0.5, 0.6) is 0 Å². The largest absolute Gasteiger partial charge is 0.478 e. The molecule has 3 aromatic rings. The predicted molar refractivity (Wildman–Crippen MR) is 131 cm³/mol. The summed E-state index contributed by atoms with van der Waals surface area (Å²) in [5.41, 5.74) is 1.000. The lowest BCUT2D eigenvalue weighted by molar-refractivity contribution is 0.0696. The molecule has 0 amide bonds. The lowest BCUT2D eigenvalue weighted by Gasteiger charge is -2.32. The van der Waals surface area contributed by atoms with Gasteiger partial charge in [0, 0.05) is 50.0 Å². The van der Waals surface area contributed by atoms with Crippen molar-refractivity contribution in [2.45, 2.75) is 19.4 Å². The van der Waals surface area contributed by atoms with Gasteiger partial charge in [-0.2, -0.15) is 4.98 Å². The number of carboxylic acids is 1. The number of aromatic carboxylic acids is 1. The van der Waals surface area contributed by atoms with Gasteiger partial charge in [-0.15, -0.1) is 11.3 Å². The number of halogens is 1. The highest BCUT2D eigenvalue weighted by Crippen LogP contribution is 2.33. The molecule has 0 saturated carbocycles. The van der Waals surface area contributed by atoms with E-state index in [0.29, 0.717) is 25.1 Å². The van der Waals surface area contributed by atoms with Crippen molar-refractivity contribution in [3.05, 3.63) is 34.2 Å². The first-order valence-corrected chi connectivity index (χ1v) is 12.6. The molecule has 0 aromatic carbocycles. The minimum Gasteiger partial charge on any atom is -0.478 e. The topological polar surface area (TPSA) is 117 Å². The van der Waals surface area contributed by atoms with Crippen LogP contribution in [0.1, 0.15) is 28.1 Å². The van der Waals surface area contributed by atoms with Crippen LogP contribution in [0, 0.1) is 5.92 Å². The van der Waals surface area contributed by atoms with Crippen molar-refractivity contribution in [3.63, 3.8) is 0 Å². The number of morpholine rings is 1. The fraction of sp³-hybridized carbons (Fsp3) is 0.500. The highest BCUT2D eigenvalue weighted by molar-refractivity contribution is 7.19. The summed E-state index contributed by atoms with van der Waals surface area (Å²) in [6.45, 7) is 6.44. The van der Waals surface area contributed by atoms with E-state index < -0.39 is 5.97 Å². The summed E-state index contributed by atoms with van der Waals surface area (Å²) < 4.78 is 6.54. The van der Waals surface area contributed by atoms with Crippen molar-refractivity contribution >= 4 is 50.9 Å². The van der Waals surface area contributed by atoms with Gasteiger partial charge in [0.1, 0.15) is 0 Å². The molecule has 10 nitrogen and oxygen atoms in total. The Morgan fingerprint density at radius 3 is 2.59 bits per heavy atom. The number of rotatable bonds is 7. The van der Waals surface area contributed by atoms with Gasteiger partial charge in [-0.3, -0.25) is 0 Å². The maximum atomic E-state index is 11.0. The fourth-order valence-electron chi connectivity index (χ4n) is 4.34. The summed E-state index contributed by atoms with van der Waals surface area (Å²) in [5.74, 6) is 1.06. The zero-order valence-corrected chi connectivity index (χ0v) is 20.2. The third-order valence-electron chi connectivity index (χ3n) is 6.20. The molecule has 12 heteroatoms. The summed E-state index contributed by atoms with van der Waals surface area (Å²) in [4.78, 5) is 33.9. The quantitative estimate of drug-likeness (QED) is 0.466. The Morgan fingerprint density at radius 1 is 1.15 bits per heavy atom. The van der Waals surface area contributed by atoms with E-state index in [2.05, 4.69) is 41.1 Å². The number of carbonyl (C=O) groups is 1. The van der Waals surface area contributed by atoms with Crippen molar-refractivity contribution in [1.82, 2.24) is 25.3 Å². The number of thiophene rings is 1. The fourth-order valence-corrected chi connectivity index (χ4v) is 5.60. The standard InChI is InChI=1S/C22H26ClN7O3S/c23-21-27-17-9-16(34-18(17)19(28-21)29-5-7-33-8-6-29)13-24-10-14-1-3-30(4-2-14)22-25-11-15(12-26-22)20(31)32/h9,11-12,14,24H,1-8,10,13H2,(H,31,32). The molecular formula is C22H26ClN7O3S. The van der Waals surface area contributed by atoms with Gasteiger partial charge in [-0.1, -0.05) is 0 Å². The Morgan fingerprint density at radius 2 is 1.88 bits per heavy atom. The number of aromatic nitrogens is 4. The van der Waals surface area contributed by atoms with Gasteiger partial charge in [0.2, 0.25) is 11.2 Å². The van der Waals surface area contributed by atoms with Crippen LogP contribution >= 0.6 is 22.9 Å². The molecule has 0 aliphatic carbocycles. The summed E-state index contributed by atoms with van der Waals surface area (Å²) in [5, 5.41) is 12.9. The van der Waals surface area contributed by atoms with E-state index in [0.717, 1.165) is 68.1 Å². The van der Waals surface area contributed by atoms with E-state index in [1.165, 1.54) is 17.3 Å². The van der Waals surface area contributed by atoms with Crippen LogP contribution in [0.3, 0.4) is 0 Å². The number of nitrogens with zero attached hydrogens (tertiary/aromatic N) is 6. The van der Waals surface area contributed by atoms with E-state index in [-0.39, 0.29) is 10.8 Å². The van der Waals surface area contributed by atoms with Crippen LogP contribution in [0.2, 0.25) is 5.28 Å². The monoisotopic (exact) mass is 503 g/mol. The van der Waals surface area contributed by atoms with Gasteiger partial charge in [0.25, 0.3) is 0 Å². The highest BCUT2D eigenvalue weighted by atomic mass is 35.5. The average molecular weight is 504 g/mol. The molecule has 0 radical (unpaired) electrons. The molecule has 0 bridgehead atoms. The lowest BCUT2D eigenvalue weighted by Crippen LogP contribution is -2.38. The molecule has 0 spiro atoms. The maximum Gasteiger partial charge on any atom is 0.338 e. The maximum absolute atomic E-state index is 11.0. The zero-order valence-electron chi connectivity index (χ0n) is 18.6. The highest BCUT2D eigenvalue weighted by Gasteiger charge is 2.22. The Bertz CT molecular complexity index is 1150. The van der Waals surface area contributed by atoms with Crippen molar-refractivity contribution in [2.24, 2.45) is 5.92 Å².